The van der Waals surface area contributed by atoms with Crippen LogP contribution in [0, 0.1) is 11.8 Å². The van der Waals surface area contributed by atoms with Crippen LogP contribution in [0.2, 0.25) is 0 Å². The topological polar surface area (TPSA) is 12.0 Å². The predicted octanol–water partition coefficient (Wildman–Crippen LogP) is 5.10. The summed E-state index contributed by atoms with van der Waals surface area (Å²) >= 11 is 5.41. The highest BCUT2D eigenvalue weighted by atomic mass is 79.9. The molecule has 1 unspecified atom stereocenters. The van der Waals surface area contributed by atoms with Gasteiger partial charge in [-0.25, -0.2) is 0 Å². The smallest absolute Gasteiger partial charge is 0.0701 e. The number of rotatable bonds is 6. The minimum absolute atomic E-state index is 0.214. The van der Waals surface area contributed by atoms with E-state index in [0.717, 1.165) is 18.4 Å². The summed E-state index contributed by atoms with van der Waals surface area (Å²) in [5.41, 5.74) is 0.214. The number of hydrogen-bond donors (Lipinski definition) is 1. The summed E-state index contributed by atoms with van der Waals surface area (Å²) in [7, 11) is 0. The SMILES string of the molecule is CC(C)CC(CNC(C)(C)C)Cc1ccc(Br)s1. The van der Waals surface area contributed by atoms with Crippen molar-refractivity contribution in [2.75, 3.05) is 6.54 Å². The highest BCUT2D eigenvalue weighted by Gasteiger charge is 2.16. The Labute approximate surface area is 125 Å². The molecule has 0 aliphatic heterocycles. The van der Waals surface area contributed by atoms with Gasteiger partial charge in [0, 0.05) is 10.4 Å². The summed E-state index contributed by atoms with van der Waals surface area (Å²) in [6.45, 7) is 12.4. The molecule has 0 aromatic carbocycles. The molecule has 1 aromatic rings. The Morgan fingerprint density at radius 2 is 1.94 bits per heavy atom. The van der Waals surface area contributed by atoms with Crippen LogP contribution in [0.5, 0.6) is 0 Å². The van der Waals surface area contributed by atoms with Crippen LogP contribution in [0.3, 0.4) is 0 Å². The Bertz CT molecular complexity index is 352. The summed E-state index contributed by atoms with van der Waals surface area (Å²) in [4.78, 5) is 1.49. The Hall–Kier alpha value is 0.140. The molecule has 0 radical (unpaired) electrons. The summed E-state index contributed by atoms with van der Waals surface area (Å²) in [5, 5.41) is 3.65. The lowest BCUT2D eigenvalue weighted by Gasteiger charge is -2.26. The second kappa shape index (κ2) is 7.06. The average molecular weight is 332 g/mol. The Kier molecular flexibility index (Phi) is 6.36. The van der Waals surface area contributed by atoms with Crippen molar-refractivity contribution in [1.29, 1.82) is 0 Å². The van der Waals surface area contributed by atoms with Gasteiger partial charge in [0.25, 0.3) is 0 Å². The van der Waals surface area contributed by atoms with Gasteiger partial charge in [-0.2, -0.15) is 0 Å². The van der Waals surface area contributed by atoms with Gasteiger partial charge in [0.15, 0.2) is 0 Å². The van der Waals surface area contributed by atoms with Crippen LogP contribution >= 0.6 is 27.3 Å². The van der Waals surface area contributed by atoms with Crippen molar-refractivity contribution in [3.63, 3.8) is 0 Å². The molecule has 0 aliphatic carbocycles. The Balaban J connectivity index is 2.55. The van der Waals surface area contributed by atoms with Crippen molar-refractivity contribution in [2.24, 2.45) is 11.8 Å². The van der Waals surface area contributed by atoms with E-state index < -0.39 is 0 Å². The zero-order chi connectivity index (χ0) is 13.8. The van der Waals surface area contributed by atoms with Crippen molar-refractivity contribution < 1.29 is 0 Å². The lowest BCUT2D eigenvalue weighted by atomic mass is 9.92. The maximum absolute atomic E-state index is 3.65. The molecule has 1 nitrogen and oxygen atoms in total. The van der Waals surface area contributed by atoms with E-state index in [1.165, 1.54) is 21.5 Å². The van der Waals surface area contributed by atoms with E-state index in [4.69, 9.17) is 0 Å². The van der Waals surface area contributed by atoms with Crippen LogP contribution in [0.1, 0.15) is 45.9 Å². The van der Waals surface area contributed by atoms with Crippen LogP contribution < -0.4 is 5.32 Å². The normalized spacial score (nSPS) is 14.2. The fraction of sp³-hybridized carbons (Fsp3) is 0.733. The molecule has 0 fully saturated rings. The largest absolute Gasteiger partial charge is 0.312 e. The van der Waals surface area contributed by atoms with Gasteiger partial charge in [-0.05, 0) is 80.1 Å². The van der Waals surface area contributed by atoms with Gasteiger partial charge in [0.1, 0.15) is 0 Å². The fourth-order valence-electron chi connectivity index (χ4n) is 2.10. The number of hydrogen-bond acceptors (Lipinski definition) is 2. The minimum Gasteiger partial charge on any atom is -0.312 e. The second-order valence-corrected chi connectivity index (χ2v) is 9.08. The lowest BCUT2D eigenvalue weighted by molar-refractivity contribution is 0.332. The second-order valence-electron chi connectivity index (χ2n) is 6.54. The molecule has 0 spiro atoms. The van der Waals surface area contributed by atoms with Crippen LogP contribution in [-0.4, -0.2) is 12.1 Å². The van der Waals surface area contributed by atoms with E-state index in [1.54, 1.807) is 0 Å². The molecule has 0 saturated carbocycles. The number of nitrogens with one attached hydrogen (secondary N) is 1. The Morgan fingerprint density at radius 3 is 2.39 bits per heavy atom. The molecule has 1 N–H and O–H groups in total. The van der Waals surface area contributed by atoms with Gasteiger partial charge in [0.2, 0.25) is 0 Å². The number of thiophene rings is 1. The van der Waals surface area contributed by atoms with E-state index >= 15 is 0 Å². The third-order valence-electron chi connectivity index (χ3n) is 2.84. The van der Waals surface area contributed by atoms with Crippen LogP contribution in [0.25, 0.3) is 0 Å². The maximum Gasteiger partial charge on any atom is 0.0701 e. The molecule has 3 heteroatoms. The fourth-order valence-corrected chi connectivity index (χ4v) is 3.70. The quantitative estimate of drug-likeness (QED) is 0.764. The van der Waals surface area contributed by atoms with Gasteiger partial charge in [-0.1, -0.05) is 13.8 Å². The molecule has 0 amide bonds. The Morgan fingerprint density at radius 1 is 1.28 bits per heavy atom. The molecule has 0 aliphatic rings. The molecular weight excluding hydrogens is 306 g/mol. The third-order valence-corrected chi connectivity index (χ3v) is 4.49. The van der Waals surface area contributed by atoms with E-state index in [-0.39, 0.29) is 5.54 Å². The molecule has 1 atom stereocenters. The summed E-state index contributed by atoms with van der Waals surface area (Å²) in [5.74, 6) is 1.50. The minimum atomic E-state index is 0.214. The van der Waals surface area contributed by atoms with E-state index in [1.807, 2.05) is 11.3 Å². The summed E-state index contributed by atoms with van der Waals surface area (Å²) in [6, 6.07) is 4.41. The third kappa shape index (κ3) is 6.91. The van der Waals surface area contributed by atoms with E-state index in [0.29, 0.717) is 0 Å². The zero-order valence-corrected chi connectivity index (χ0v) is 14.6. The van der Waals surface area contributed by atoms with Crippen molar-refractivity contribution in [2.45, 2.75) is 53.0 Å². The van der Waals surface area contributed by atoms with Crippen molar-refractivity contribution in [3.8, 4) is 0 Å². The monoisotopic (exact) mass is 331 g/mol. The first-order chi connectivity index (χ1) is 8.26. The summed E-state index contributed by atoms with van der Waals surface area (Å²) < 4.78 is 1.24. The predicted molar refractivity (Wildman–Crippen MR) is 86.4 cm³/mol. The van der Waals surface area contributed by atoms with Gasteiger partial charge in [-0.15, -0.1) is 11.3 Å². The van der Waals surface area contributed by atoms with Crippen LogP contribution in [0.15, 0.2) is 15.9 Å². The van der Waals surface area contributed by atoms with E-state index in [2.05, 4.69) is 68.0 Å². The molecule has 1 heterocycles. The summed E-state index contributed by atoms with van der Waals surface area (Å²) in [6.07, 6.45) is 2.48. The highest BCUT2D eigenvalue weighted by molar-refractivity contribution is 9.11. The first-order valence-electron chi connectivity index (χ1n) is 6.75. The van der Waals surface area contributed by atoms with Crippen LogP contribution in [0.4, 0.5) is 0 Å². The standard InChI is InChI=1S/C15H26BrNS/c1-11(2)8-12(10-17-15(3,4)5)9-13-6-7-14(16)18-13/h6-7,11-12,17H,8-10H2,1-5H3. The van der Waals surface area contributed by atoms with E-state index in [9.17, 15) is 0 Å². The first-order valence-corrected chi connectivity index (χ1v) is 8.36. The van der Waals surface area contributed by atoms with Crippen LogP contribution in [-0.2, 0) is 6.42 Å². The highest BCUT2D eigenvalue weighted by Crippen LogP contribution is 2.26. The molecule has 0 saturated heterocycles. The molecule has 104 valence electrons. The van der Waals surface area contributed by atoms with Gasteiger partial charge < -0.3 is 5.32 Å². The molecule has 18 heavy (non-hydrogen) atoms. The molecule has 1 aromatic heterocycles. The average Bonchev–Trinajstić information content (AvgIpc) is 2.58. The zero-order valence-electron chi connectivity index (χ0n) is 12.2. The van der Waals surface area contributed by atoms with Gasteiger partial charge >= 0.3 is 0 Å². The molecule has 1 rings (SSSR count). The van der Waals surface area contributed by atoms with Gasteiger partial charge in [-0.3, -0.25) is 0 Å². The van der Waals surface area contributed by atoms with Crippen molar-refractivity contribution in [1.82, 2.24) is 5.32 Å². The first kappa shape index (κ1) is 16.2. The maximum atomic E-state index is 3.65. The van der Waals surface area contributed by atoms with Gasteiger partial charge in [0.05, 0.1) is 3.79 Å². The van der Waals surface area contributed by atoms with Crippen molar-refractivity contribution >= 4 is 27.3 Å². The molecule has 0 bridgehead atoms. The van der Waals surface area contributed by atoms with Crippen molar-refractivity contribution in [3.05, 3.63) is 20.8 Å². The lowest BCUT2D eigenvalue weighted by Crippen LogP contribution is -2.39. The number of halogens is 1. The molecular formula is C15H26BrNS.